The second-order valence-corrected chi connectivity index (χ2v) is 31.3. The zero-order valence-electron chi connectivity index (χ0n) is 60.9. The molecule has 0 aromatic heterocycles. The van der Waals surface area contributed by atoms with Gasteiger partial charge in [0.2, 0.25) is 0 Å². The number of esters is 4. The molecule has 552 valence electrons. The molecule has 0 saturated carbocycles. The molecule has 0 heterocycles. The third-order valence-electron chi connectivity index (χ3n) is 17.4. The van der Waals surface area contributed by atoms with Crippen LogP contribution < -0.4 is 0 Å². The summed E-state index contributed by atoms with van der Waals surface area (Å²) in [6, 6.07) is 0. The Kier molecular flexibility index (Phi) is 62.2. The van der Waals surface area contributed by atoms with Gasteiger partial charge in [0.1, 0.15) is 19.3 Å². The molecule has 0 spiro atoms. The largest absolute Gasteiger partial charge is 0.472 e. The van der Waals surface area contributed by atoms with E-state index < -0.39 is 97.5 Å². The van der Waals surface area contributed by atoms with E-state index in [4.69, 9.17) is 37.0 Å². The molecule has 0 radical (unpaired) electrons. The predicted molar refractivity (Wildman–Crippen MR) is 377 cm³/mol. The Morgan fingerprint density at radius 3 is 0.763 bits per heavy atom. The Bertz CT molecular complexity index is 1840. The molecule has 0 aliphatic rings. The summed E-state index contributed by atoms with van der Waals surface area (Å²) in [5, 5.41) is 10.6. The molecular formula is C74H144O17P2. The van der Waals surface area contributed by atoms with Crippen molar-refractivity contribution in [3.8, 4) is 0 Å². The van der Waals surface area contributed by atoms with Crippen LogP contribution >= 0.6 is 15.6 Å². The van der Waals surface area contributed by atoms with Gasteiger partial charge in [-0.1, -0.05) is 319 Å². The van der Waals surface area contributed by atoms with E-state index in [1.807, 2.05) is 0 Å². The molecule has 0 saturated heterocycles. The Morgan fingerprint density at radius 2 is 0.516 bits per heavy atom. The van der Waals surface area contributed by atoms with Gasteiger partial charge in [-0.15, -0.1) is 0 Å². The smallest absolute Gasteiger partial charge is 0.462 e. The highest BCUT2D eigenvalue weighted by atomic mass is 31.2. The van der Waals surface area contributed by atoms with E-state index in [9.17, 15) is 43.2 Å². The van der Waals surface area contributed by atoms with Crippen LogP contribution in [0.3, 0.4) is 0 Å². The van der Waals surface area contributed by atoms with E-state index in [0.29, 0.717) is 31.6 Å². The number of carbonyl (C=O) groups excluding carboxylic acids is 4. The Balaban J connectivity index is 5.23. The molecule has 0 rings (SSSR count). The van der Waals surface area contributed by atoms with Crippen molar-refractivity contribution in [3.63, 3.8) is 0 Å². The number of hydrogen-bond donors (Lipinski definition) is 3. The molecule has 3 unspecified atom stereocenters. The number of ether oxygens (including phenoxy) is 4. The summed E-state index contributed by atoms with van der Waals surface area (Å²) in [7, 11) is -9.91. The monoisotopic (exact) mass is 1370 g/mol. The number of rotatable bonds is 71. The lowest BCUT2D eigenvalue weighted by molar-refractivity contribution is -0.161. The minimum absolute atomic E-state index is 0.105. The van der Waals surface area contributed by atoms with Gasteiger partial charge in [-0.25, -0.2) is 9.13 Å². The van der Waals surface area contributed by atoms with Crippen LogP contribution in [0, 0.1) is 23.7 Å². The number of hydrogen-bond acceptors (Lipinski definition) is 15. The minimum atomic E-state index is -4.96. The zero-order valence-corrected chi connectivity index (χ0v) is 62.7. The molecule has 93 heavy (non-hydrogen) atoms. The van der Waals surface area contributed by atoms with Gasteiger partial charge in [0.05, 0.1) is 26.4 Å². The first-order valence-electron chi connectivity index (χ1n) is 38.2. The van der Waals surface area contributed by atoms with Gasteiger partial charge in [0.25, 0.3) is 0 Å². The third kappa shape index (κ3) is 67.0. The van der Waals surface area contributed by atoms with E-state index in [2.05, 4.69) is 55.4 Å². The highest BCUT2D eigenvalue weighted by Crippen LogP contribution is 2.45. The number of aliphatic hydroxyl groups excluding tert-OH is 1. The Hall–Kier alpha value is -1.94. The average molecular weight is 1370 g/mol. The van der Waals surface area contributed by atoms with E-state index in [-0.39, 0.29) is 25.7 Å². The van der Waals surface area contributed by atoms with Crippen LogP contribution in [0.5, 0.6) is 0 Å². The summed E-state index contributed by atoms with van der Waals surface area (Å²) in [5.74, 6) is 0.899. The predicted octanol–water partition coefficient (Wildman–Crippen LogP) is 21.3. The quantitative estimate of drug-likeness (QED) is 0.0222. The maximum absolute atomic E-state index is 13.1. The van der Waals surface area contributed by atoms with Crippen LogP contribution in [0.25, 0.3) is 0 Å². The van der Waals surface area contributed by atoms with Crippen molar-refractivity contribution >= 4 is 39.5 Å². The minimum Gasteiger partial charge on any atom is -0.462 e. The average Bonchev–Trinajstić information content (AvgIpc) is 2.75. The van der Waals surface area contributed by atoms with E-state index in [1.54, 1.807) is 0 Å². The van der Waals surface area contributed by atoms with Crippen molar-refractivity contribution in [2.45, 2.75) is 388 Å². The van der Waals surface area contributed by atoms with Crippen LogP contribution in [0.1, 0.15) is 370 Å². The molecule has 0 bridgehead atoms. The van der Waals surface area contributed by atoms with Crippen LogP contribution in [-0.2, 0) is 65.4 Å². The Labute approximate surface area is 568 Å². The molecule has 3 N–H and O–H groups in total. The number of phosphoric acid groups is 2. The standard InChI is InChI=1S/C74H144O17P2/c1-9-67(8)53-45-37-28-24-25-29-38-46-54-71(76)84-60-69(90-73(78)56-48-40-30-22-18-14-12-10-11-13-16-20-26-34-42-50-64(2)3)62-88-92(80,81)86-58-68(75)59-87-93(82,83)89-63-70(61-85-72(77)55-47-39-33-32-36-44-52-66(6)7)91-74(79)57-49-41-31-23-19-15-17-21-27-35-43-51-65(4)5/h64-70,75H,9-63H2,1-8H3,(H,80,81)(H,82,83)/t67?,68-,69-,70-/m1/s1. The van der Waals surface area contributed by atoms with Gasteiger partial charge >= 0.3 is 39.5 Å². The van der Waals surface area contributed by atoms with Crippen LogP contribution in [0.4, 0.5) is 0 Å². The van der Waals surface area contributed by atoms with Crippen LogP contribution in [0.15, 0.2) is 0 Å². The topological polar surface area (TPSA) is 237 Å². The van der Waals surface area contributed by atoms with Crippen LogP contribution in [-0.4, -0.2) is 96.7 Å². The van der Waals surface area contributed by atoms with Crippen molar-refractivity contribution < 1.29 is 80.2 Å². The van der Waals surface area contributed by atoms with Crippen molar-refractivity contribution in [1.29, 1.82) is 0 Å². The number of unbranched alkanes of at least 4 members (excludes halogenated alkanes) is 36. The highest BCUT2D eigenvalue weighted by Gasteiger charge is 2.30. The summed E-state index contributed by atoms with van der Waals surface area (Å²) in [4.78, 5) is 72.7. The lowest BCUT2D eigenvalue weighted by Crippen LogP contribution is -2.30. The maximum atomic E-state index is 13.1. The number of aliphatic hydroxyl groups is 1. The molecule has 0 amide bonds. The molecule has 0 aromatic carbocycles. The molecular weight excluding hydrogens is 1220 g/mol. The normalized spacial score (nSPS) is 14.5. The van der Waals surface area contributed by atoms with E-state index in [0.717, 1.165) is 114 Å². The number of phosphoric ester groups is 2. The fourth-order valence-corrected chi connectivity index (χ4v) is 12.7. The van der Waals surface area contributed by atoms with Crippen molar-refractivity contribution in [2.75, 3.05) is 39.6 Å². The summed E-state index contributed by atoms with van der Waals surface area (Å²) in [6.45, 7) is 14.1. The van der Waals surface area contributed by atoms with Crippen molar-refractivity contribution in [1.82, 2.24) is 0 Å². The first-order valence-corrected chi connectivity index (χ1v) is 41.2. The van der Waals surface area contributed by atoms with E-state index >= 15 is 0 Å². The molecule has 19 heteroatoms. The van der Waals surface area contributed by atoms with Crippen molar-refractivity contribution in [2.24, 2.45) is 23.7 Å². The Morgan fingerprint density at radius 1 is 0.301 bits per heavy atom. The SMILES string of the molecule is CCC(C)CCCCCCCCCCC(=O)OC[C@H](COP(=O)(O)OC[C@@H](O)COP(=O)(O)OC[C@@H](COC(=O)CCCCCCCCC(C)C)OC(=O)CCCCCCCCCCCCCC(C)C)OC(=O)CCCCCCCCCCCCCCCCCC(C)C. The lowest BCUT2D eigenvalue weighted by atomic mass is 9.99. The summed E-state index contributed by atoms with van der Waals surface area (Å²) in [6.07, 6.45) is 47.3. The van der Waals surface area contributed by atoms with Gasteiger partial charge in [0.15, 0.2) is 12.2 Å². The fraction of sp³-hybridized carbons (Fsp3) is 0.946. The highest BCUT2D eigenvalue weighted by molar-refractivity contribution is 7.47. The van der Waals surface area contributed by atoms with Crippen LogP contribution in [0.2, 0.25) is 0 Å². The number of carbonyl (C=O) groups is 4. The molecule has 17 nitrogen and oxygen atoms in total. The van der Waals surface area contributed by atoms with Gasteiger partial charge in [-0.2, -0.15) is 0 Å². The van der Waals surface area contributed by atoms with Gasteiger partial charge in [-0.3, -0.25) is 37.3 Å². The summed E-state index contributed by atoms with van der Waals surface area (Å²) < 4.78 is 68.4. The first kappa shape index (κ1) is 91.1. The summed E-state index contributed by atoms with van der Waals surface area (Å²) >= 11 is 0. The fourth-order valence-electron chi connectivity index (χ4n) is 11.2. The first-order chi connectivity index (χ1) is 44.6. The van der Waals surface area contributed by atoms with Gasteiger partial charge < -0.3 is 33.8 Å². The molecule has 0 aromatic rings. The molecule has 0 aliphatic carbocycles. The third-order valence-corrected chi connectivity index (χ3v) is 19.3. The molecule has 0 fully saturated rings. The van der Waals surface area contributed by atoms with Gasteiger partial charge in [0, 0.05) is 25.7 Å². The molecule has 6 atom stereocenters. The second-order valence-electron chi connectivity index (χ2n) is 28.4. The van der Waals surface area contributed by atoms with E-state index in [1.165, 1.54) is 167 Å². The second kappa shape index (κ2) is 63.5. The lowest BCUT2D eigenvalue weighted by Gasteiger charge is -2.21. The zero-order chi connectivity index (χ0) is 68.9. The summed E-state index contributed by atoms with van der Waals surface area (Å²) in [5.41, 5.74) is 0. The maximum Gasteiger partial charge on any atom is 0.472 e. The van der Waals surface area contributed by atoms with Crippen molar-refractivity contribution in [3.05, 3.63) is 0 Å². The van der Waals surface area contributed by atoms with Gasteiger partial charge in [-0.05, 0) is 49.4 Å². The molecule has 0 aliphatic heterocycles.